The highest BCUT2D eigenvalue weighted by Crippen LogP contribution is 2.27. The number of carbonyl (C=O) groups excluding carboxylic acids is 1. The van der Waals surface area contributed by atoms with Gasteiger partial charge in [-0.25, -0.2) is 8.42 Å². The second-order valence-electron chi connectivity index (χ2n) is 9.11. The van der Waals surface area contributed by atoms with E-state index in [9.17, 15) is 13.2 Å². The van der Waals surface area contributed by atoms with Gasteiger partial charge >= 0.3 is 0 Å². The minimum Gasteiger partial charge on any atom is -0.335 e. The molecular formula is C26H36N2O3S. The van der Waals surface area contributed by atoms with Gasteiger partial charge in [0.15, 0.2) is 0 Å². The van der Waals surface area contributed by atoms with E-state index in [0.29, 0.717) is 43.3 Å². The van der Waals surface area contributed by atoms with E-state index in [-0.39, 0.29) is 17.9 Å². The molecule has 3 rings (SSSR count). The first-order chi connectivity index (χ1) is 15.2. The van der Waals surface area contributed by atoms with Crippen molar-refractivity contribution in [2.75, 3.05) is 13.1 Å². The summed E-state index contributed by atoms with van der Waals surface area (Å²) in [4.78, 5) is 15.7. The highest BCUT2D eigenvalue weighted by molar-refractivity contribution is 7.89. The van der Waals surface area contributed by atoms with Crippen LogP contribution in [-0.2, 0) is 21.4 Å². The van der Waals surface area contributed by atoms with Crippen LogP contribution in [0.1, 0.15) is 64.0 Å². The number of hydrogen-bond donors (Lipinski definition) is 0. The predicted octanol–water partition coefficient (Wildman–Crippen LogP) is 5.04. The van der Waals surface area contributed by atoms with Gasteiger partial charge in [0.2, 0.25) is 15.9 Å². The van der Waals surface area contributed by atoms with Gasteiger partial charge in [-0.3, -0.25) is 4.79 Å². The Labute approximate surface area is 193 Å². The molecule has 174 valence electrons. The van der Waals surface area contributed by atoms with Crippen molar-refractivity contribution in [3.8, 4) is 0 Å². The maximum atomic E-state index is 13.4. The molecule has 0 aliphatic carbocycles. The van der Waals surface area contributed by atoms with Gasteiger partial charge in [-0.1, -0.05) is 63.2 Å². The Balaban J connectivity index is 1.67. The lowest BCUT2D eigenvalue weighted by Gasteiger charge is -2.36. The number of carbonyl (C=O) groups is 1. The molecule has 1 amide bonds. The molecule has 1 aliphatic heterocycles. The van der Waals surface area contributed by atoms with Crippen molar-refractivity contribution in [1.29, 1.82) is 0 Å². The van der Waals surface area contributed by atoms with Crippen LogP contribution in [0.25, 0.3) is 0 Å². The van der Waals surface area contributed by atoms with Gasteiger partial charge in [-0.15, -0.1) is 0 Å². The number of rotatable bonds is 8. The zero-order valence-electron chi connectivity index (χ0n) is 19.7. The Kier molecular flexibility index (Phi) is 8.12. The molecular weight excluding hydrogens is 420 g/mol. The second kappa shape index (κ2) is 10.6. The van der Waals surface area contributed by atoms with Crippen molar-refractivity contribution in [3.63, 3.8) is 0 Å². The van der Waals surface area contributed by atoms with Gasteiger partial charge in [0.05, 0.1) is 4.90 Å². The summed E-state index contributed by atoms with van der Waals surface area (Å²) in [5, 5.41) is 0. The first-order valence-corrected chi connectivity index (χ1v) is 13.1. The topological polar surface area (TPSA) is 57.7 Å². The van der Waals surface area contributed by atoms with E-state index >= 15 is 0 Å². The quantitative estimate of drug-likeness (QED) is 0.559. The second-order valence-corrected chi connectivity index (χ2v) is 11.0. The summed E-state index contributed by atoms with van der Waals surface area (Å²) >= 11 is 0. The van der Waals surface area contributed by atoms with Crippen LogP contribution in [0, 0.1) is 5.92 Å². The van der Waals surface area contributed by atoms with E-state index in [0.717, 1.165) is 17.5 Å². The molecule has 0 bridgehead atoms. The third-order valence-corrected chi connectivity index (χ3v) is 8.50. The van der Waals surface area contributed by atoms with Gasteiger partial charge < -0.3 is 4.90 Å². The summed E-state index contributed by atoms with van der Waals surface area (Å²) in [5.41, 5.74) is 2.24. The SMILES string of the molecule is CCC(C)N(Cc1ccccc1)C(=O)C1CCN(S(=O)(=O)c2ccc(C(C)C)cc2)CC1. The van der Waals surface area contributed by atoms with Gasteiger partial charge in [-0.2, -0.15) is 4.31 Å². The Morgan fingerprint density at radius 1 is 1.00 bits per heavy atom. The lowest BCUT2D eigenvalue weighted by atomic mass is 9.95. The van der Waals surface area contributed by atoms with Crippen molar-refractivity contribution < 1.29 is 13.2 Å². The fourth-order valence-corrected chi connectivity index (χ4v) is 5.67. The van der Waals surface area contributed by atoms with Crippen LogP contribution in [0.15, 0.2) is 59.5 Å². The van der Waals surface area contributed by atoms with E-state index < -0.39 is 10.0 Å². The van der Waals surface area contributed by atoms with Crippen LogP contribution < -0.4 is 0 Å². The predicted molar refractivity (Wildman–Crippen MR) is 129 cm³/mol. The fraction of sp³-hybridized carbons (Fsp3) is 0.500. The van der Waals surface area contributed by atoms with Crippen molar-refractivity contribution >= 4 is 15.9 Å². The molecule has 1 saturated heterocycles. The first-order valence-electron chi connectivity index (χ1n) is 11.7. The van der Waals surface area contributed by atoms with Gasteiger partial charge in [0.1, 0.15) is 0 Å². The number of piperidine rings is 1. The molecule has 2 aromatic rings. The Hall–Kier alpha value is -2.18. The van der Waals surface area contributed by atoms with Gasteiger partial charge in [0, 0.05) is 31.6 Å². The first kappa shape index (κ1) is 24.5. The van der Waals surface area contributed by atoms with E-state index in [1.54, 1.807) is 12.1 Å². The van der Waals surface area contributed by atoms with Crippen LogP contribution in [0.4, 0.5) is 0 Å². The number of amides is 1. The lowest BCUT2D eigenvalue weighted by molar-refractivity contribution is -0.139. The molecule has 0 radical (unpaired) electrons. The zero-order chi connectivity index (χ0) is 23.3. The molecule has 6 heteroatoms. The molecule has 1 atom stereocenters. The summed E-state index contributed by atoms with van der Waals surface area (Å²) in [7, 11) is -3.53. The van der Waals surface area contributed by atoms with Crippen molar-refractivity contribution in [1.82, 2.24) is 9.21 Å². The van der Waals surface area contributed by atoms with E-state index in [4.69, 9.17) is 0 Å². The average molecular weight is 457 g/mol. The average Bonchev–Trinajstić information content (AvgIpc) is 2.82. The molecule has 0 spiro atoms. The molecule has 32 heavy (non-hydrogen) atoms. The monoisotopic (exact) mass is 456 g/mol. The van der Waals surface area contributed by atoms with Crippen LogP contribution in [0.5, 0.6) is 0 Å². The number of sulfonamides is 1. The zero-order valence-corrected chi connectivity index (χ0v) is 20.5. The Bertz CT molecular complexity index is 979. The molecule has 0 saturated carbocycles. The summed E-state index contributed by atoms with van der Waals surface area (Å²) in [6.45, 7) is 9.71. The number of benzene rings is 2. The maximum absolute atomic E-state index is 13.4. The standard InChI is InChI=1S/C26H36N2O3S/c1-5-21(4)28(19-22-9-7-6-8-10-22)26(29)24-15-17-27(18-16-24)32(30,31)25-13-11-23(12-14-25)20(2)3/h6-14,20-21,24H,5,15-19H2,1-4H3. The third kappa shape index (κ3) is 5.59. The highest BCUT2D eigenvalue weighted by atomic mass is 32.2. The van der Waals surface area contributed by atoms with Crippen LogP contribution in [-0.4, -0.2) is 42.7 Å². The van der Waals surface area contributed by atoms with Gasteiger partial charge in [-0.05, 0) is 55.4 Å². The molecule has 5 nitrogen and oxygen atoms in total. The summed E-state index contributed by atoms with van der Waals surface area (Å²) < 4.78 is 27.7. The van der Waals surface area contributed by atoms with E-state index in [2.05, 4.69) is 27.7 Å². The third-order valence-electron chi connectivity index (χ3n) is 6.59. The van der Waals surface area contributed by atoms with E-state index in [1.165, 1.54) is 4.31 Å². The normalized spacial score (nSPS) is 16.8. The smallest absolute Gasteiger partial charge is 0.243 e. The number of nitrogens with zero attached hydrogens (tertiary/aromatic N) is 2. The lowest BCUT2D eigenvalue weighted by Crippen LogP contribution is -2.46. The molecule has 0 N–H and O–H groups in total. The molecule has 1 aliphatic rings. The molecule has 1 unspecified atom stereocenters. The largest absolute Gasteiger partial charge is 0.335 e. The van der Waals surface area contributed by atoms with Crippen molar-refractivity contribution in [3.05, 3.63) is 65.7 Å². The summed E-state index contributed by atoms with van der Waals surface area (Å²) in [6.07, 6.45) is 2.01. The van der Waals surface area contributed by atoms with E-state index in [1.807, 2.05) is 47.4 Å². The van der Waals surface area contributed by atoms with Crippen LogP contribution in [0.3, 0.4) is 0 Å². The Morgan fingerprint density at radius 3 is 2.12 bits per heavy atom. The molecule has 0 aromatic heterocycles. The summed E-state index contributed by atoms with van der Waals surface area (Å²) in [6, 6.07) is 17.4. The van der Waals surface area contributed by atoms with Crippen LogP contribution >= 0.6 is 0 Å². The fourth-order valence-electron chi connectivity index (χ4n) is 4.20. The minimum atomic E-state index is -3.53. The highest BCUT2D eigenvalue weighted by Gasteiger charge is 2.34. The number of hydrogen-bond acceptors (Lipinski definition) is 3. The summed E-state index contributed by atoms with van der Waals surface area (Å²) in [5.74, 6) is 0.363. The van der Waals surface area contributed by atoms with Crippen LogP contribution in [0.2, 0.25) is 0 Å². The van der Waals surface area contributed by atoms with Crippen molar-refractivity contribution in [2.45, 2.75) is 70.4 Å². The molecule has 1 fully saturated rings. The minimum absolute atomic E-state index is 0.137. The molecule has 2 aromatic carbocycles. The Morgan fingerprint density at radius 2 is 1.59 bits per heavy atom. The van der Waals surface area contributed by atoms with Crippen molar-refractivity contribution in [2.24, 2.45) is 5.92 Å². The van der Waals surface area contributed by atoms with Gasteiger partial charge in [0.25, 0.3) is 0 Å². The maximum Gasteiger partial charge on any atom is 0.243 e. The molecule has 1 heterocycles.